The number of hydrogen-bond acceptors (Lipinski definition) is 3. The molecular formula is C15H12Br2N2S. The van der Waals surface area contributed by atoms with E-state index in [4.69, 9.17) is 5.84 Å². The molecule has 1 unspecified atom stereocenters. The van der Waals surface area contributed by atoms with Crippen molar-refractivity contribution in [2.45, 2.75) is 6.04 Å². The zero-order chi connectivity index (χ0) is 14.1. The van der Waals surface area contributed by atoms with Crippen molar-refractivity contribution in [2.75, 3.05) is 0 Å². The van der Waals surface area contributed by atoms with Gasteiger partial charge in [0.2, 0.25) is 0 Å². The van der Waals surface area contributed by atoms with Crippen LogP contribution in [0.25, 0.3) is 10.8 Å². The van der Waals surface area contributed by atoms with E-state index < -0.39 is 0 Å². The number of rotatable bonds is 3. The third kappa shape index (κ3) is 2.56. The summed E-state index contributed by atoms with van der Waals surface area (Å²) in [6, 6.07) is 16.7. The van der Waals surface area contributed by atoms with Gasteiger partial charge >= 0.3 is 0 Å². The predicted octanol–water partition coefficient (Wildman–Crippen LogP) is 4.98. The zero-order valence-electron chi connectivity index (χ0n) is 10.4. The Labute approximate surface area is 138 Å². The van der Waals surface area contributed by atoms with Gasteiger partial charge in [-0.05, 0) is 54.3 Å². The molecule has 0 aliphatic carbocycles. The Morgan fingerprint density at radius 2 is 1.80 bits per heavy atom. The topological polar surface area (TPSA) is 38.0 Å². The number of benzene rings is 2. The number of fused-ring (bicyclic) bond motifs is 1. The Hall–Kier alpha value is -0.720. The number of hydrogen-bond donors (Lipinski definition) is 2. The number of nitrogens with one attached hydrogen (secondary N) is 1. The van der Waals surface area contributed by atoms with E-state index in [1.54, 1.807) is 11.3 Å². The third-order valence-corrected chi connectivity index (χ3v) is 6.57. The van der Waals surface area contributed by atoms with Crippen molar-refractivity contribution in [1.29, 1.82) is 0 Å². The molecule has 2 aromatic carbocycles. The van der Waals surface area contributed by atoms with E-state index in [0.29, 0.717) is 0 Å². The fourth-order valence-corrected chi connectivity index (χ4v) is 4.50. The van der Waals surface area contributed by atoms with Gasteiger partial charge in [0.1, 0.15) is 0 Å². The fourth-order valence-electron chi connectivity index (χ4n) is 2.33. The minimum atomic E-state index is -0.0197. The van der Waals surface area contributed by atoms with E-state index >= 15 is 0 Å². The molecule has 0 fully saturated rings. The first-order valence-electron chi connectivity index (χ1n) is 6.09. The summed E-state index contributed by atoms with van der Waals surface area (Å²) in [6.07, 6.45) is 0. The highest BCUT2D eigenvalue weighted by Gasteiger charge is 2.18. The van der Waals surface area contributed by atoms with Crippen LogP contribution < -0.4 is 11.3 Å². The molecule has 0 saturated heterocycles. The second-order valence-corrected chi connectivity index (χ2v) is 7.69. The first kappa shape index (κ1) is 14.2. The molecule has 2 nitrogen and oxygen atoms in total. The highest BCUT2D eigenvalue weighted by molar-refractivity contribution is 9.13. The Balaban J connectivity index is 2.16. The second-order valence-electron chi connectivity index (χ2n) is 4.44. The van der Waals surface area contributed by atoms with Gasteiger partial charge in [-0.25, -0.2) is 5.43 Å². The summed E-state index contributed by atoms with van der Waals surface area (Å²) in [7, 11) is 0. The van der Waals surface area contributed by atoms with Crippen molar-refractivity contribution >= 4 is 54.0 Å². The molecule has 1 atom stereocenters. The lowest BCUT2D eigenvalue weighted by Gasteiger charge is -2.17. The third-order valence-electron chi connectivity index (χ3n) is 3.25. The summed E-state index contributed by atoms with van der Waals surface area (Å²) in [5.74, 6) is 5.81. The standard InChI is InChI=1S/C15H12Br2N2S/c16-12-8-13(20-15(12)17)14(19-18)11-7-3-5-9-4-1-2-6-10(9)11/h1-8,14,19H,18H2. The van der Waals surface area contributed by atoms with E-state index in [-0.39, 0.29) is 6.04 Å². The maximum absolute atomic E-state index is 5.81. The van der Waals surface area contributed by atoms with Crippen molar-refractivity contribution in [2.24, 2.45) is 5.84 Å². The summed E-state index contributed by atoms with van der Waals surface area (Å²) in [4.78, 5) is 1.17. The Morgan fingerprint density at radius 3 is 2.50 bits per heavy atom. The SMILES string of the molecule is NNC(c1cc(Br)c(Br)s1)c1cccc2ccccc12. The summed E-state index contributed by atoms with van der Waals surface area (Å²) >= 11 is 8.75. The van der Waals surface area contributed by atoms with Crippen LogP contribution in [0.4, 0.5) is 0 Å². The molecule has 0 radical (unpaired) electrons. The first-order chi connectivity index (χ1) is 9.70. The molecular weight excluding hydrogens is 400 g/mol. The number of halogens is 2. The van der Waals surface area contributed by atoms with Gasteiger partial charge < -0.3 is 0 Å². The predicted molar refractivity (Wildman–Crippen MR) is 92.8 cm³/mol. The summed E-state index contributed by atoms with van der Waals surface area (Å²) in [5, 5.41) is 2.44. The molecule has 0 saturated carbocycles. The van der Waals surface area contributed by atoms with Crippen LogP contribution in [0.15, 0.2) is 56.8 Å². The van der Waals surface area contributed by atoms with Crippen molar-refractivity contribution < 1.29 is 0 Å². The highest BCUT2D eigenvalue weighted by Crippen LogP contribution is 2.38. The fraction of sp³-hybridized carbons (Fsp3) is 0.0667. The van der Waals surface area contributed by atoms with Crippen LogP contribution in [0.5, 0.6) is 0 Å². The van der Waals surface area contributed by atoms with Crippen LogP contribution in [-0.4, -0.2) is 0 Å². The Morgan fingerprint density at radius 1 is 1.05 bits per heavy atom. The van der Waals surface area contributed by atoms with Gasteiger partial charge in [0.15, 0.2) is 0 Å². The van der Waals surface area contributed by atoms with Crippen LogP contribution in [0, 0.1) is 0 Å². The van der Waals surface area contributed by atoms with E-state index in [2.05, 4.69) is 85.8 Å². The zero-order valence-corrected chi connectivity index (χ0v) is 14.4. The molecule has 3 N–H and O–H groups in total. The Bertz CT molecular complexity index is 730. The van der Waals surface area contributed by atoms with Crippen LogP contribution >= 0.6 is 43.2 Å². The molecule has 3 aromatic rings. The lowest BCUT2D eigenvalue weighted by Crippen LogP contribution is -2.28. The largest absolute Gasteiger partial charge is 0.271 e. The molecule has 20 heavy (non-hydrogen) atoms. The number of hydrazine groups is 1. The number of thiophene rings is 1. The lowest BCUT2D eigenvalue weighted by molar-refractivity contribution is 0.650. The average Bonchev–Trinajstić information content (AvgIpc) is 2.79. The molecule has 0 spiro atoms. The monoisotopic (exact) mass is 410 g/mol. The van der Waals surface area contributed by atoms with Gasteiger partial charge in [-0.2, -0.15) is 0 Å². The second kappa shape index (κ2) is 5.95. The van der Waals surface area contributed by atoms with Crippen LogP contribution in [-0.2, 0) is 0 Å². The Kier molecular flexibility index (Phi) is 4.23. The van der Waals surface area contributed by atoms with Crippen molar-refractivity contribution in [3.05, 3.63) is 67.2 Å². The minimum Gasteiger partial charge on any atom is -0.271 e. The van der Waals surface area contributed by atoms with Gasteiger partial charge in [0, 0.05) is 9.35 Å². The van der Waals surface area contributed by atoms with Crippen LogP contribution in [0.1, 0.15) is 16.5 Å². The average molecular weight is 412 g/mol. The quantitative estimate of drug-likeness (QED) is 0.471. The molecule has 0 bridgehead atoms. The van der Waals surface area contributed by atoms with Crippen LogP contribution in [0.3, 0.4) is 0 Å². The molecule has 5 heteroatoms. The summed E-state index contributed by atoms with van der Waals surface area (Å²) < 4.78 is 2.13. The van der Waals surface area contributed by atoms with Gasteiger partial charge in [-0.15, -0.1) is 11.3 Å². The van der Waals surface area contributed by atoms with E-state index in [1.807, 2.05) is 0 Å². The lowest BCUT2D eigenvalue weighted by atomic mass is 9.98. The van der Waals surface area contributed by atoms with Crippen molar-refractivity contribution in [3.63, 3.8) is 0 Å². The van der Waals surface area contributed by atoms with Gasteiger partial charge in [0.25, 0.3) is 0 Å². The molecule has 3 rings (SSSR count). The van der Waals surface area contributed by atoms with Crippen molar-refractivity contribution in [1.82, 2.24) is 5.43 Å². The van der Waals surface area contributed by atoms with E-state index in [9.17, 15) is 0 Å². The van der Waals surface area contributed by atoms with Gasteiger partial charge in [-0.1, -0.05) is 42.5 Å². The summed E-state index contributed by atoms with van der Waals surface area (Å²) in [5.41, 5.74) is 4.12. The molecule has 0 aliphatic heterocycles. The molecule has 0 amide bonds. The minimum absolute atomic E-state index is 0.0197. The normalized spacial score (nSPS) is 12.8. The van der Waals surface area contributed by atoms with E-state index in [1.165, 1.54) is 21.2 Å². The van der Waals surface area contributed by atoms with Crippen LogP contribution in [0.2, 0.25) is 0 Å². The highest BCUT2D eigenvalue weighted by atomic mass is 79.9. The maximum atomic E-state index is 5.81. The number of nitrogens with two attached hydrogens (primary N) is 1. The molecule has 0 aliphatic rings. The molecule has 1 aromatic heterocycles. The van der Waals surface area contributed by atoms with Gasteiger partial charge in [-0.3, -0.25) is 5.84 Å². The summed E-state index contributed by atoms with van der Waals surface area (Å²) in [6.45, 7) is 0. The molecule has 1 heterocycles. The van der Waals surface area contributed by atoms with Gasteiger partial charge in [0.05, 0.1) is 9.83 Å². The molecule has 102 valence electrons. The maximum Gasteiger partial charge on any atom is 0.0843 e. The first-order valence-corrected chi connectivity index (χ1v) is 8.49. The smallest absolute Gasteiger partial charge is 0.0843 e. The van der Waals surface area contributed by atoms with Crippen molar-refractivity contribution in [3.8, 4) is 0 Å². The van der Waals surface area contributed by atoms with E-state index in [0.717, 1.165) is 8.26 Å².